The Labute approximate surface area is 147 Å². The molecule has 0 aliphatic heterocycles. The molecule has 0 saturated heterocycles. The smallest absolute Gasteiger partial charge is 0.191 e. The van der Waals surface area contributed by atoms with Gasteiger partial charge in [-0.15, -0.1) is 10.2 Å². The van der Waals surface area contributed by atoms with E-state index in [1.54, 1.807) is 7.05 Å². The number of aliphatic imine (C=N–C) groups is 1. The molecule has 0 bridgehead atoms. The molecule has 0 aliphatic rings. The number of aromatic nitrogens is 3. The van der Waals surface area contributed by atoms with Crippen LogP contribution in [0, 0.1) is 0 Å². The molecule has 130 valence electrons. The normalized spacial score (nSPS) is 11.6. The van der Waals surface area contributed by atoms with Crippen molar-refractivity contribution in [1.82, 2.24) is 25.2 Å². The van der Waals surface area contributed by atoms with E-state index in [1.165, 1.54) is 11.3 Å². The molecule has 7 nitrogen and oxygen atoms in total. The van der Waals surface area contributed by atoms with Gasteiger partial charge in [-0.2, -0.15) is 0 Å². The summed E-state index contributed by atoms with van der Waals surface area (Å²) in [6.07, 6.45) is 1.95. The SMILES string of the molecule is CN=C(NCc1ccc(N(C)C)cc1)NCc1nnc2ccccn12. The summed E-state index contributed by atoms with van der Waals surface area (Å²) in [5, 5.41) is 14.9. The van der Waals surface area contributed by atoms with Crippen molar-refractivity contribution in [2.45, 2.75) is 13.1 Å². The van der Waals surface area contributed by atoms with Gasteiger partial charge < -0.3 is 15.5 Å². The van der Waals surface area contributed by atoms with Crippen LogP contribution in [0.3, 0.4) is 0 Å². The van der Waals surface area contributed by atoms with Crippen LogP contribution < -0.4 is 15.5 Å². The summed E-state index contributed by atoms with van der Waals surface area (Å²) in [6.45, 7) is 1.25. The lowest BCUT2D eigenvalue weighted by molar-refractivity contribution is 0.762. The van der Waals surface area contributed by atoms with E-state index < -0.39 is 0 Å². The third-order valence-electron chi connectivity index (χ3n) is 3.93. The molecule has 1 aromatic carbocycles. The highest BCUT2D eigenvalue weighted by Crippen LogP contribution is 2.11. The molecule has 7 heteroatoms. The molecule has 2 heterocycles. The average molecular weight is 337 g/mol. The lowest BCUT2D eigenvalue weighted by atomic mass is 10.2. The summed E-state index contributed by atoms with van der Waals surface area (Å²) >= 11 is 0. The second-order valence-corrected chi connectivity index (χ2v) is 5.89. The minimum atomic E-state index is 0.546. The molecule has 0 radical (unpaired) electrons. The van der Waals surface area contributed by atoms with Gasteiger partial charge in [0.05, 0.1) is 6.54 Å². The van der Waals surface area contributed by atoms with Gasteiger partial charge in [-0.1, -0.05) is 18.2 Å². The van der Waals surface area contributed by atoms with E-state index in [4.69, 9.17) is 0 Å². The first-order valence-electron chi connectivity index (χ1n) is 8.17. The van der Waals surface area contributed by atoms with Crippen LogP contribution in [0.2, 0.25) is 0 Å². The van der Waals surface area contributed by atoms with Crippen molar-refractivity contribution in [1.29, 1.82) is 0 Å². The van der Waals surface area contributed by atoms with E-state index in [0.717, 1.165) is 17.4 Å². The first-order chi connectivity index (χ1) is 12.2. The zero-order valence-corrected chi connectivity index (χ0v) is 14.8. The van der Waals surface area contributed by atoms with Crippen LogP contribution in [-0.2, 0) is 13.1 Å². The van der Waals surface area contributed by atoms with Crippen LogP contribution in [0.15, 0.2) is 53.7 Å². The van der Waals surface area contributed by atoms with Gasteiger partial charge in [0.15, 0.2) is 17.4 Å². The topological polar surface area (TPSA) is 69.8 Å². The summed E-state index contributed by atoms with van der Waals surface area (Å²) in [5.74, 6) is 1.57. The first-order valence-corrected chi connectivity index (χ1v) is 8.17. The van der Waals surface area contributed by atoms with Crippen molar-refractivity contribution in [2.75, 3.05) is 26.0 Å². The van der Waals surface area contributed by atoms with Crippen molar-refractivity contribution in [3.8, 4) is 0 Å². The molecule has 2 aromatic heterocycles. The van der Waals surface area contributed by atoms with Gasteiger partial charge >= 0.3 is 0 Å². The third-order valence-corrected chi connectivity index (χ3v) is 3.93. The maximum Gasteiger partial charge on any atom is 0.191 e. The van der Waals surface area contributed by atoms with Crippen molar-refractivity contribution in [2.24, 2.45) is 4.99 Å². The number of nitrogens with zero attached hydrogens (tertiary/aromatic N) is 5. The Balaban J connectivity index is 1.56. The lowest BCUT2D eigenvalue weighted by Crippen LogP contribution is -2.36. The van der Waals surface area contributed by atoms with Gasteiger partial charge in [-0.05, 0) is 29.8 Å². The number of guanidine groups is 1. The molecule has 0 spiro atoms. The van der Waals surface area contributed by atoms with Crippen molar-refractivity contribution < 1.29 is 0 Å². The van der Waals surface area contributed by atoms with Gasteiger partial charge in [-0.25, -0.2) is 0 Å². The lowest BCUT2D eigenvalue weighted by Gasteiger charge is -2.14. The Kier molecular flexibility index (Phi) is 5.13. The highest BCUT2D eigenvalue weighted by molar-refractivity contribution is 5.79. The third kappa shape index (κ3) is 4.06. The summed E-state index contributed by atoms with van der Waals surface area (Å²) in [7, 11) is 5.83. The number of benzene rings is 1. The van der Waals surface area contributed by atoms with Crippen molar-refractivity contribution in [3.05, 3.63) is 60.0 Å². The van der Waals surface area contributed by atoms with Gasteiger partial charge in [0.1, 0.15) is 0 Å². The number of fused-ring (bicyclic) bond motifs is 1. The Hall–Kier alpha value is -3.09. The Morgan fingerprint density at radius 1 is 1.04 bits per heavy atom. The predicted octanol–water partition coefficient (Wildman–Crippen LogP) is 1.66. The summed E-state index contributed by atoms with van der Waals surface area (Å²) in [6, 6.07) is 14.3. The standard InChI is InChI=1S/C18H23N7/c1-19-18(20-12-14-7-9-15(10-8-14)24(2)3)21-13-17-23-22-16-6-4-5-11-25(16)17/h4-11H,12-13H2,1-3H3,(H2,19,20,21). The highest BCUT2D eigenvalue weighted by Gasteiger charge is 2.05. The van der Waals surface area contributed by atoms with E-state index in [2.05, 4.69) is 55.0 Å². The summed E-state index contributed by atoms with van der Waals surface area (Å²) < 4.78 is 1.96. The van der Waals surface area contributed by atoms with Crippen LogP contribution in [0.4, 0.5) is 5.69 Å². The van der Waals surface area contributed by atoms with Crippen LogP contribution >= 0.6 is 0 Å². The Morgan fingerprint density at radius 3 is 2.52 bits per heavy atom. The number of hydrogen-bond acceptors (Lipinski definition) is 4. The number of anilines is 1. The fourth-order valence-corrected chi connectivity index (χ4v) is 2.49. The van der Waals surface area contributed by atoms with E-state index in [-0.39, 0.29) is 0 Å². The molecule has 0 aliphatic carbocycles. The molecular weight excluding hydrogens is 314 g/mol. The van der Waals surface area contributed by atoms with E-state index >= 15 is 0 Å². The van der Waals surface area contributed by atoms with Gasteiger partial charge in [0.25, 0.3) is 0 Å². The maximum absolute atomic E-state index is 4.26. The van der Waals surface area contributed by atoms with Gasteiger partial charge in [-0.3, -0.25) is 9.39 Å². The van der Waals surface area contributed by atoms with Crippen LogP contribution in [0.25, 0.3) is 5.65 Å². The molecule has 0 amide bonds. The molecule has 3 aromatic rings. The second-order valence-electron chi connectivity index (χ2n) is 5.89. The van der Waals surface area contributed by atoms with E-state index in [0.29, 0.717) is 13.1 Å². The fourth-order valence-electron chi connectivity index (χ4n) is 2.49. The van der Waals surface area contributed by atoms with Gasteiger partial charge in [0.2, 0.25) is 0 Å². The highest BCUT2D eigenvalue weighted by atomic mass is 15.3. The quantitative estimate of drug-likeness (QED) is 0.547. The molecule has 25 heavy (non-hydrogen) atoms. The number of hydrogen-bond donors (Lipinski definition) is 2. The van der Waals surface area contributed by atoms with Crippen LogP contribution in [0.5, 0.6) is 0 Å². The molecule has 0 unspecified atom stereocenters. The number of pyridine rings is 1. The van der Waals surface area contributed by atoms with Gasteiger partial charge in [0, 0.05) is 39.6 Å². The van der Waals surface area contributed by atoms with E-state index in [1.807, 2.05) is 42.9 Å². The second kappa shape index (κ2) is 7.65. The minimum absolute atomic E-state index is 0.546. The zero-order chi connectivity index (χ0) is 17.6. The summed E-state index contributed by atoms with van der Waals surface area (Å²) in [5.41, 5.74) is 3.22. The minimum Gasteiger partial charge on any atom is -0.378 e. The largest absolute Gasteiger partial charge is 0.378 e. The van der Waals surface area contributed by atoms with Crippen LogP contribution in [-0.4, -0.2) is 41.7 Å². The number of rotatable bonds is 5. The van der Waals surface area contributed by atoms with Crippen molar-refractivity contribution in [3.63, 3.8) is 0 Å². The molecule has 2 N–H and O–H groups in total. The Morgan fingerprint density at radius 2 is 1.80 bits per heavy atom. The molecule has 0 atom stereocenters. The molecule has 0 fully saturated rings. The monoisotopic (exact) mass is 337 g/mol. The predicted molar refractivity (Wildman–Crippen MR) is 101 cm³/mol. The average Bonchev–Trinajstić information content (AvgIpc) is 3.05. The molecule has 0 saturated carbocycles. The van der Waals surface area contributed by atoms with Crippen molar-refractivity contribution >= 4 is 17.3 Å². The molecular formula is C18H23N7. The fraction of sp³-hybridized carbons (Fsp3) is 0.278. The van der Waals surface area contributed by atoms with E-state index in [9.17, 15) is 0 Å². The number of nitrogens with one attached hydrogen (secondary N) is 2. The maximum atomic E-state index is 4.26. The Bertz CT molecular complexity index is 849. The molecule has 3 rings (SSSR count). The zero-order valence-electron chi connectivity index (χ0n) is 14.8. The first kappa shape index (κ1) is 16.8. The summed E-state index contributed by atoms with van der Waals surface area (Å²) in [4.78, 5) is 6.34. The van der Waals surface area contributed by atoms with Crippen LogP contribution in [0.1, 0.15) is 11.4 Å².